The van der Waals surface area contributed by atoms with Gasteiger partial charge in [0.1, 0.15) is 5.82 Å². The van der Waals surface area contributed by atoms with Crippen molar-refractivity contribution in [2.45, 2.75) is 145 Å². The first-order valence-electron chi connectivity index (χ1n) is 23.6. The van der Waals surface area contributed by atoms with Crippen molar-refractivity contribution in [1.82, 2.24) is 9.97 Å². The van der Waals surface area contributed by atoms with Gasteiger partial charge in [-0.1, -0.05) is 203 Å². The van der Waals surface area contributed by atoms with Crippen LogP contribution in [-0.2, 0) is 16.3 Å². The molecule has 0 unspecified atom stereocenters. The highest BCUT2D eigenvalue weighted by Gasteiger charge is 2.14. The molecule has 6 heteroatoms. The molecular formula is C59H82N2O3S. The number of sulfone groups is 1. The lowest BCUT2D eigenvalue weighted by Gasteiger charge is -2.05. The van der Waals surface area contributed by atoms with E-state index in [1.54, 1.807) is 36.8 Å². The molecule has 0 aliphatic carbocycles. The Balaban J connectivity index is 0.000000270. The lowest BCUT2D eigenvalue weighted by molar-refractivity contribution is 0.561. The molecule has 352 valence electrons. The minimum atomic E-state index is -3.06. The van der Waals surface area contributed by atoms with Gasteiger partial charge in [0.25, 0.3) is 0 Å². The van der Waals surface area contributed by atoms with E-state index in [2.05, 4.69) is 173 Å². The number of hydrogen-bond acceptors (Lipinski definition) is 4. The van der Waals surface area contributed by atoms with Gasteiger partial charge in [0.05, 0.1) is 34.2 Å². The van der Waals surface area contributed by atoms with Crippen LogP contribution < -0.4 is 0 Å². The van der Waals surface area contributed by atoms with Gasteiger partial charge in [-0.2, -0.15) is 0 Å². The summed E-state index contributed by atoms with van der Waals surface area (Å²) < 4.78 is 28.3. The topological polar surface area (TPSA) is 76.0 Å². The Hall–Kier alpha value is -5.20. The fourth-order valence-corrected chi connectivity index (χ4v) is 7.67. The van der Waals surface area contributed by atoms with Gasteiger partial charge in [-0.15, -0.1) is 0 Å². The van der Waals surface area contributed by atoms with Crippen LogP contribution in [-0.4, -0.2) is 24.1 Å². The number of hydrogen-bond donors (Lipinski definition) is 1. The minimum Gasteiger partial charge on any atom is -0.472 e. The standard InChI is InChI=1S/C11H16O2S.C11H16.C10H12N2.2C10H14.C7H10O/c1-10(2)8-9-14(12,13)11-6-4-3-5-7-11;1-9(2)8-11-6-4-10(3)5-7-11;1-7(2)10-11-8-5-3-4-6-9(8)12-10;2*1-8(2)10-6-4-9(3)5-7-10;1-6(2)7-3-4-8-5-7/h3-7,10H,8-9H2,1-2H3;4-7,9H,8H2,1-3H3;3-7H,1-2H3,(H,11,12);2*4-8H,1-3H3;3-6H,1-2H3. The van der Waals surface area contributed by atoms with Crippen molar-refractivity contribution in [1.29, 1.82) is 0 Å². The van der Waals surface area contributed by atoms with E-state index in [-0.39, 0.29) is 5.75 Å². The molecule has 1 N–H and O–H groups in total. The Labute approximate surface area is 395 Å². The van der Waals surface area contributed by atoms with E-state index in [9.17, 15) is 8.42 Å². The maximum Gasteiger partial charge on any atom is 0.178 e. The van der Waals surface area contributed by atoms with Crippen LogP contribution in [0.3, 0.4) is 0 Å². The summed E-state index contributed by atoms with van der Waals surface area (Å²) in [5, 5.41) is 0. The number of aryl methyl sites for hydroxylation is 3. The summed E-state index contributed by atoms with van der Waals surface area (Å²) >= 11 is 0. The molecule has 0 spiro atoms. The highest BCUT2D eigenvalue weighted by Crippen LogP contribution is 2.18. The molecule has 2 heterocycles. The number of furan rings is 1. The van der Waals surface area contributed by atoms with E-state index in [4.69, 9.17) is 4.42 Å². The third-order valence-electron chi connectivity index (χ3n) is 10.5. The lowest BCUT2D eigenvalue weighted by Crippen LogP contribution is -2.08. The van der Waals surface area contributed by atoms with Crippen LogP contribution in [0.5, 0.6) is 0 Å². The van der Waals surface area contributed by atoms with Gasteiger partial charge in [-0.25, -0.2) is 13.4 Å². The van der Waals surface area contributed by atoms with Gasteiger partial charge in [-0.05, 0) is 116 Å². The predicted octanol–water partition coefficient (Wildman–Crippen LogP) is 17.0. The minimum absolute atomic E-state index is 0.245. The molecule has 5 aromatic carbocycles. The molecule has 0 aliphatic rings. The largest absolute Gasteiger partial charge is 0.472 e. The molecule has 0 saturated heterocycles. The molecule has 5 nitrogen and oxygen atoms in total. The van der Waals surface area contributed by atoms with Crippen LogP contribution in [0.25, 0.3) is 11.0 Å². The number of para-hydroxylation sites is 2. The molecular weight excluding hydrogens is 817 g/mol. The first kappa shape index (κ1) is 55.9. The number of nitrogens with zero attached hydrogens (tertiary/aromatic N) is 1. The van der Waals surface area contributed by atoms with Crippen molar-refractivity contribution >= 4 is 20.9 Å². The van der Waals surface area contributed by atoms with E-state index in [1.165, 1.54) is 45.4 Å². The van der Waals surface area contributed by atoms with Gasteiger partial charge in [0.15, 0.2) is 9.84 Å². The fourth-order valence-electron chi connectivity index (χ4n) is 6.08. The van der Waals surface area contributed by atoms with Gasteiger partial charge < -0.3 is 9.40 Å². The number of H-pyrrole nitrogens is 1. The van der Waals surface area contributed by atoms with E-state index in [0.29, 0.717) is 34.5 Å². The van der Waals surface area contributed by atoms with E-state index >= 15 is 0 Å². The zero-order valence-corrected chi connectivity index (χ0v) is 43.3. The Morgan fingerprint density at radius 1 is 0.508 bits per heavy atom. The average Bonchev–Trinajstić information content (AvgIpc) is 3.98. The summed E-state index contributed by atoms with van der Waals surface area (Å²) in [4.78, 5) is 8.17. The summed E-state index contributed by atoms with van der Waals surface area (Å²) in [6.07, 6.45) is 5.40. The molecule has 2 aromatic heterocycles. The van der Waals surface area contributed by atoms with Gasteiger partial charge >= 0.3 is 0 Å². The van der Waals surface area contributed by atoms with E-state index in [1.807, 2.05) is 50.2 Å². The summed E-state index contributed by atoms with van der Waals surface area (Å²) in [6, 6.07) is 44.9. The van der Waals surface area contributed by atoms with Crippen LogP contribution >= 0.6 is 0 Å². The Morgan fingerprint density at radius 3 is 1.35 bits per heavy atom. The maximum absolute atomic E-state index is 11.7. The van der Waals surface area contributed by atoms with E-state index < -0.39 is 9.84 Å². The number of aromatic amines is 1. The van der Waals surface area contributed by atoms with Crippen LogP contribution in [0.4, 0.5) is 0 Å². The van der Waals surface area contributed by atoms with Gasteiger partial charge in [0.2, 0.25) is 0 Å². The quantitative estimate of drug-likeness (QED) is 0.148. The average molecular weight is 899 g/mol. The number of imidazole rings is 1. The second-order valence-corrected chi connectivity index (χ2v) is 21.1. The number of benzene rings is 5. The van der Waals surface area contributed by atoms with Crippen molar-refractivity contribution in [3.8, 4) is 0 Å². The molecule has 0 atom stereocenters. The number of nitrogens with one attached hydrogen (secondary N) is 1. The van der Waals surface area contributed by atoms with Crippen LogP contribution in [0, 0.1) is 32.6 Å². The summed E-state index contributed by atoms with van der Waals surface area (Å²) in [5.74, 6) is 4.86. The molecule has 0 radical (unpaired) electrons. The first-order chi connectivity index (χ1) is 30.7. The van der Waals surface area contributed by atoms with Crippen molar-refractivity contribution in [3.05, 3.63) is 191 Å². The molecule has 0 bridgehead atoms. The third kappa shape index (κ3) is 23.0. The lowest BCUT2D eigenvalue weighted by atomic mass is 10.0. The van der Waals surface area contributed by atoms with Crippen molar-refractivity contribution < 1.29 is 12.8 Å². The summed E-state index contributed by atoms with van der Waals surface area (Å²) in [7, 11) is -3.06. The Morgan fingerprint density at radius 2 is 0.969 bits per heavy atom. The molecule has 65 heavy (non-hydrogen) atoms. The SMILES string of the molecule is CC(C)CCS(=O)(=O)c1ccccc1.CC(C)c1ccoc1.CC(C)c1nc2ccccc2[nH]1.Cc1ccc(C(C)C)cc1.Cc1ccc(C(C)C)cc1.Cc1ccc(CC(C)C)cc1. The number of rotatable bonds is 10. The normalized spacial score (nSPS) is 10.9. The van der Waals surface area contributed by atoms with Gasteiger partial charge in [0, 0.05) is 5.92 Å². The van der Waals surface area contributed by atoms with Crippen molar-refractivity contribution in [2.75, 3.05) is 5.75 Å². The van der Waals surface area contributed by atoms with Gasteiger partial charge in [-0.3, -0.25) is 0 Å². The highest BCUT2D eigenvalue weighted by molar-refractivity contribution is 7.91. The third-order valence-corrected chi connectivity index (χ3v) is 12.2. The molecule has 0 saturated carbocycles. The first-order valence-corrected chi connectivity index (χ1v) is 25.3. The number of fused-ring (bicyclic) bond motifs is 1. The van der Waals surface area contributed by atoms with Crippen LogP contribution in [0.15, 0.2) is 155 Å². The highest BCUT2D eigenvalue weighted by atomic mass is 32.2. The van der Waals surface area contributed by atoms with Crippen molar-refractivity contribution in [3.63, 3.8) is 0 Å². The zero-order chi connectivity index (χ0) is 48.5. The smallest absolute Gasteiger partial charge is 0.178 e. The zero-order valence-electron chi connectivity index (χ0n) is 42.5. The Kier molecular flexibility index (Phi) is 25.3. The molecule has 7 rings (SSSR count). The maximum atomic E-state index is 11.7. The van der Waals surface area contributed by atoms with Crippen LogP contribution in [0.2, 0.25) is 0 Å². The number of aromatic nitrogens is 2. The van der Waals surface area contributed by atoms with E-state index in [0.717, 1.165) is 29.2 Å². The molecule has 0 aliphatic heterocycles. The fraction of sp³-hybridized carbons (Fsp3) is 0.407. The molecule has 0 fully saturated rings. The molecule has 0 amide bonds. The van der Waals surface area contributed by atoms with Crippen LogP contribution in [0.1, 0.15) is 158 Å². The predicted molar refractivity (Wildman–Crippen MR) is 281 cm³/mol. The monoisotopic (exact) mass is 899 g/mol. The Bertz CT molecular complexity index is 2290. The second kappa shape index (κ2) is 29.4. The van der Waals surface area contributed by atoms with Crippen molar-refractivity contribution in [2.24, 2.45) is 11.8 Å². The molecule has 7 aromatic rings. The summed E-state index contributed by atoms with van der Waals surface area (Å²) in [6.45, 7) is 32.3. The second-order valence-electron chi connectivity index (χ2n) is 19.0. The summed E-state index contributed by atoms with van der Waals surface area (Å²) in [5.41, 5.74) is 11.8.